The molecule has 1 aliphatic heterocycles. The minimum absolute atomic E-state index is 0. The second kappa shape index (κ2) is 10.2. The molecule has 0 spiro atoms. The normalized spacial score (nSPS) is 16.6. The van der Waals surface area contributed by atoms with Gasteiger partial charge in [0, 0.05) is 24.7 Å². The van der Waals surface area contributed by atoms with Crippen LogP contribution in [0.3, 0.4) is 0 Å². The quantitative estimate of drug-likeness (QED) is 0.829. The molecule has 1 aromatic heterocycles. The number of halogens is 2. The number of nitrogens with one attached hydrogen (secondary N) is 2. The van der Waals surface area contributed by atoms with E-state index in [4.69, 9.17) is 4.74 Å². The van der Waals surface area contributed by atoms with Crippen LogP contribution in [0.5, 0.6) is 0 Å². The molecule has 7 nitrogen and oxygen atoms in total. The molecule has 2 N–H and O–H groups in total. The Kier molecular flexibility index (Phi) is 8.70. The molecule has 3 rings (SSSR count). The molecule has 2 aromatic rings. The van der Waals surface area contributed by atoms with Gasteiger partial charge in [0.2, 0.25) is 5.91 Å². The fraction of sp³-hybridized carbons (Fsp3) is 0.400. The Hall–Kier alpha value is -1.67. The molecular formula is C15H21Cl2N5O2. The first kappa shape index (κ1) is 20.4. The first-order valence-electron chi connectivity index (χ1n) is 7.32. The molecule has 2 heterocycles. The van der Waals surface area contributed by atoms with Crippen LogP contribution >= 0.6 is 24.8 Å². The minimum atomic E-state index is -0.00738. The molecule has 1 atom stereocenters. The van der Waals surface area contributed by atoms with E-state index >= 15 is 0 Å². The highest BCUT2D eigenvalue weighted by Crippen LogP contribution is 2.11. The van der Waals surface area contributed by atoms with E-state index in [1.165, 1.54) is 6.33 Å². The van der Waals surface area contributed by atoms with Crippen molar-refractivity contribution < 1.29 is 9.53 Å². The smallest absolute Gasteiger partial charge is 0.226 e. The van der Waals surface area contributed by atoms with Crippen LogP contribution in [0.4, 0.5) is 5.69 Å². The first-order valence-corrected chi connectivity index (χ1v) is 7.32. The standard InChI is InChI=1S/C15H19N5O2.2ClH/c21-15(7-14-9-22-6-5-17-14)19-13-3-1-12(2-4-13)8-20-11-16-10-18-20;;/h1-4,10-11,14,17H,5-9H2,(H,19,21);2*1H. The molecule has 1 fully saturated rings. The summed E-state index contributed by atoms with van der Waals surface area (Å²) in [5, 5.41) is 10.2. The fourth-order valence-corrected chi connectivity index (χ4v) is 2.38. The Morgan fingerprint density at radius 3 is 2.75 bits per heavy atom. The summed E-state index contributed by atoms with van der Waals surface area (Å²) in [6.45, 7) is 2.77. The molecule has 0 saturated carbocycles. The van der Waals surface area contributed by atoms with Crippen molar-refractivity contribution in [3.8, 4) is 0 Å². The second-order valence-corrected chi connectivity index (χ2v) is 5.27. The van der Waals surface area contributed by atoms with Gasteiger partial charge in [-0.1, -0.05) is 12.1 Å². The number of aromatic nitrogens is 3. The molecule has 0 bridgehead atoms. The van der Waals surface area contributed by atoms with Gasteiger partial charge in [0.1, 0.15) is 12.7 Å². The van der Waals surface area contributed by atoms with Crippen molar-refractivity contribution in [3.63, 3.8) is 0 Å². The van der Waals surface area contributed by atoms with Gasteiger partial charge >= 0.3 is 0 Å². The molecule has 1 amide bonds. The summed E-state index contributed by atoms with van der Waals surface area (Å²) in [6, 6.07) is 7.84. The maximum Gasteiger partial charge on any atom is 0.226 e. The lowest BCUT2D eigenvalue weighted by molar-refractivity contribution is -0.117. The van der Waals surface area contributed by atoms with Gasteiger partial charge in [-0.2, -0.15) is 5.10 Å². The first-order chi connectivity index (χ1) is 10.8. The molecule has 9 heteroatoms. The van der Waals surface area contributed by atoms with Gasteiger partial charge in [0.15, 0.2) is 0 Å². The summed E-state index contributed by atoms with van der Waals surface area (Å²) in [5.74, 6) is -0.00738. The Morgan fingerprint density at radius 1 is 1.33 bits per heavy atom. The highest BCUT2D eigenvalue weighted by atomic mass is 35.5. The molecule has 1 saturated heterocycles. The van der Waals surface area contributed by atoms with Crippen LogP contribution in [0, 0.1) is 0 Å². The van der Waals surface area contributed by atoms with Gasteiger partial charge in [0.05, 0.1) is 19.8 Å². The van der Waals surface area contributed by atoms with Crippen molar-refractivity contribution in [3.05, 3.63) is 42.5 Å². The van der Waals surface area contributed by atoms with Crippen LogP contribution in [0.1, 0.15) is 12.0 Å². The Morgan fingerprint density at radius 2 is 2.12 bits per heavy atom. The lowest BCUT2D eigenvalue weighted by Gasteiger charge is -2.23. The maximum atomic E-state index is 12.0. The van der Waals surface area contributed by atoms with Gasteiger partial charge in [-0.25, -0.2) is 9.67 Å². The highest BCUT2D eigenvalue weighted by molar-refractivity contribution is 5.91. The van der Waals surface area contributed by atoms with Crippen LogP contribution in [0.25, 0.3) is 0 Å². The summed E-state index contributed by atoms with van der Waals surface area (Å²) < 4.78 is 7.10. The third-order valence-electron chi connectivity index (χ3n) is 3.48. The number of nitrogens with zero attached hydrogens (tertiary/aromatic N) is 3. The zero-order valence-corrected chi connectivity index (χ0v) is 14.7. The van der Waals surface area contributed by atoms with Crippen molar-refractivity contribution in [2.45, 2.75) is 19.0 Å². The molecule has 24 heavy (non-hydrogen) atoms. The SMILES string of the molecule is Cl.Cl.O=C(CC1COCCN1)Nc1ccc(Cn2cncn2)cc1. The van der Waals surface area contributed by atoms with E-state index in [-0.39, 0.29) is 36.8 Å². The van der Waals surface area contributed by atoms with E-state index in [9.17, 15) is 4.79 Å². The number of anilines is 1. The van der Waals surface area contributed by atoms with Crippen molar-refractivity contribution in [2.24, 2.45) is 0 Å². The lowest BCUT2D eigenvalue weighted by Crippen LogP contribution is -2.43. The van der Waals surface area contributed by atoms with Crippen molar-refractivity contribution in [1.82, 2.24) is 20.1 Å². The number of hydrogen-bond acceptors (Lipinski definition) is 5. The molecular weight excluding hydrogens is 353 g/mol. The number of hydrogen-bond donors (Lipinski definition) is 2. The number of rotatable bonds is 5. The molecule has 132 valence electrons. The molecule has 1 aliphatic rings. The van der Waals surface area contributed by atoms with Gasteiger partial charge in [0.25, 0.3) is 0 Å². The number of ether oxygens (including phenoxy) is 1. The maximum absolute atomic E-state index is 12.0. The molecule has 1 aromatic carbocycles. The van der Waals surface area contributed by atoms with Gasteiger partial charge in [-0.3, -0.25) is 4.79 Å². The summed E-state index contributed by atoms with van der Waals surface area (Å²) in [5.41, 5.74) is 1.90. The number of carbonyl (C=O) groups is 1. The van der Waals surface area contributed by atoms with E-state index in [1.807, 2.05) is 24.3 Å². The van der Waals surface area contributed by atoms with Crippen LogP contribution in [0.15, 0.2) is 36.9 Å². The van der Waals surface area contributed by atoms with E-state index in [1.54, 1.807) is 11.0 Å². The fourth-order valence-electron chi connectivity index (χ4n) is 2.38. The van der Waals surface area contributed by atoms with Crippen LogP contribution in [0.2, 0.25) is 0 Å². The lowest BCUT2D eigenvalue weighted by atomic mass is 10.1. The van der Waals surface area contributed by atoms with Gasteiger partial charge < -0.3 is 15.4 Å². The van der Waals surface area contributed by atoms with E-state index in [0.717, 1.165) is 17.8 Å². The van der Waals surface area contributed by atoms with E-state index in [0.29, 0.717) is 26.2 Å². The zero-order chi connectivity index (χ0) is 15.2. The van der Waals surface area contributed by atoms with Crippen LogP contribution < -0.4 is 10.6 Å². The van der Waals surface area contributed by atoms with Crippen LogP contribution in [-0.4, -0.2) is 46.5 Å². The predicted octanol–water partition coefficient (Wildman–Crippen LogP) is 1.49. The minimum Gasteiger partial charge on any atom is -0.378 e. The summed E-state index contributed by atoms with van der Waals surface area (Å²) in [6.07, 6.45) is 3.60. The largest absolute Gasteiger partial charge is 0.378 e. The van der Waals surface area contributed by atoms with Crippen molar-refractivity contribution in [2.75, 3.05) is 25.1 Å². The zero-order valence-electron chi connectivity index (χ0n) is 13.1. The average Bonchev–Trinajstić information content (AvgIpc) is 3.03. The van der Waals surface area contributed by atoms with Crippen molar-refractivity contribution in [1.29, 1.82) is 0 Å². The molecule has 1 unspecified atom stereocenters. The Balaban J connectivity index is 0.00000144. The van der Waals surface area contributed by atoms with Crippen molar-refractivity contribution >= 4 is 36.4 Å². The van der Waals surface area contributed by atoms with Crippen LogP contribution in [-0.2, 0) is 16.1 Å². The topological polar surface area (TPSA) is 81.1 Å². The Bertz CT molecular complexity index is 601. The number of morpholine rings is 1. The van der Waals surface area contributed by atoms with E-state index in [2.05, 4.69) is 20.7 Å². The molecule has 0 aliphatic carbocycles. The monoisotopic (exact) mass is 373 g/mol. The third kappa shape index (κ3) is 6.09. The van der Waals surface area contributed by atoms with Gasteiger partial charge in [-0.05, 0) is 17.7 Å². The predicted molar refractivity (Wildman–Crippen MR) is 95.9 cm³/mol. The second-order valence-electron chi connectivity index (χ2n) is 5.27. The average molecular weight is 374 g/mol. The Labute approximate surface area is 153 Å². The number of amides is 1. The van der Waals surface area contributed by atoms with Gasteiger partial charge in [-0.15, -0.1) is 24.8 Å². The summed E-state index contributed by atoms with van der Waals surface area (Å²) >= 11 is 0. The van der Waals surface area contributed by atoms with E-state index < -0.39 is 0 Å². The highest BCUT2D eigenvalue weighted by Gasteiger charge is 2.16. The summed E-state index contributed by atoms with van der Waals surface area (Å²) in [4.78, 5) is 15.9. The third-order valence-corrected chi connectivity index (χ3v) is 3.48. The summed E-state index contributed by atoms with van der Waals surface area (Å²) in [7, 11) is 0. The number of benzene rings is 1. The molecule has 0 radical (unpaired) electrons. The number of carbonyl (C=O) groups excluding carboxylic acids is 1.